The number of nitrogens with zero attached hydrogens (tertiary/aromatic N) is 2. The highest BCUT2D eigenvalue weighted by Gasteiger charge is 2.13. The van der Waals surface area contributed by atoms with E-state index < -0.39 is 0 Å². The molecule has 0 atom stereocenters. The summed E-state index contributed by atoms with van der Waals surface area (Å²) in [4.78, 5) is 34.9. The first-order valence-corrected chi connectivity index (χ1v) is 9.19. The summed E-state index contributed by atoms with van der Waals surface area (Å²) in [6.45, 7) is 0.282. The van der Waals surface area contributed by atoms with Gasteiger partial charge in [-0.05, 0) is 30.3 Å². The first kappa shape index (κ1) is 17.0. The Morgan fingerprint density at radius 1 is 1.07 bits per heavy atom. The van der Waals surface area contributed by atoms with Gasteiger partial charge in [-0.1, -0.05) is 18.2 Å². The molecule has 0 bridgehead atoms. The van der Waals surface area contributed by atoms with Crippen LogP contribution in [-0.2, 0) is 6.54 Å². The average molecular weight is 383 g/mol. The lowest BCUT2D eigenvalue weighted by molar-refractivity contribution is 0.0950. The summed E-state index contributed by atoms with van der Waals surface area (Å²) >= 11 is 0. The normalized spacial score (nSPS) is 11.2. The fourth-order valence-electron chi connectivity index (χ4n) is 3.51. The molecule has 1 aromatic carbocycles. The fraction of sp³-hybridized carbons (Fsp3) is 0.0455. The number of amides is 1. The van der Waals surface area contributed by atoms with Crippen molar-refractivity contribution in [1.29, 1.82) is 0 Å². The SMILES string of the molecule is O=C(NCc1c[nH]c(=O)c2cc(-c3c[nH]c4ncccc34)cn12)c1ccccc1. The Kier molecular flexibility index (Phi) is 3.98. The minimum Gasteiger partial charge on any atom is -0.346 e. The van der Waals surface area contributed by atoms with Gasteiger partial charge in [0.15, 0.2) is 0 Å². The van der Waals surface area contributed by atoms with E-state index in [1.54, 1.807) is 24.5 Å². The van der Waals surface area contributed by atoms with Crippen LogP contribution in [0.1, 0.15) is 16.1 Å². The van der Waals surface area contributed by atoms with E-state index in [9.17, 15) is 9.59 Å². The molecular weight excluding hydrogens is 366 g/mol. The molecule has 5 rings (SSSR count). The van der Waals surface area contributed by atoms with Crippen LogP contribution in [0.3, 0.4) is 0 Å². The van der Waals surface area contributed by atoms with Crippen LogP contribution in [0.15, 0.2) is 78.1 Å². The number of H-pyrrole nitrogens is 2. The quantitative estimate of drug-likeness (QED) is 0.445. The monoisotopic (exact) mass is 383 g/mol. The van der Waals surface area contributed by atoms with Crippen molar-refractivity contribution in [2.24, 2.45) is 0 Å². The molecule has 3 N–H and O–H groups in total. The predicted octanol–water partition coefficient (Wildman–Crippen LogP) is 3.10. The first-order chi connectivity index (χ1) is 14.2. The van der Waals surface area contributed by atoms with Gasteiger partial charge in [-0.3, -0.25) is 9.59 Å². The highest BCUT2D eigenvalue weighted by molar-refractivity contribution is 5.95. The van der Waals surface area contributed by atoms with Gasteiger partial charge >= 0.3 is 0 Å². The van der Waals surface area contributed by atoms with E-state index in [-0.39, 0.29) is 18.0 Å². The van der Waals surface area contributed by atoms with E-state index in [0.29, 0.717) is 11.1 Å². The summed E-state index contributed by atoms with van der Waals surface area (Å²) < 4.78 is 1.81. The van der Waals surface area contributed by atoms with Gasteiger partial charge in [-0.25, -0.2) is 4.98 Å². The molecule has 1 amide bonds. The molecular formula is C22H17N5O2. The van der Waals surface area contributed by atoms with Gasteiger partial charge in [0.2, 0.25) is 0 Å². The molecule has 0 fully saturated rings. The van der Waals surface area contributed by atoms with Gasteiger partial charge in [-0.2, -0.15) is 0 Å². The molecule has 4 aromatic heterocycles. The second kappa shape index (κ2) is 6.79. The van der Waals surface area contributed by atoms with Crippen molar-refractivity contribution in [2.75, 3.05) is 0 Å². The van der Waals surface area contributed by atoms with Crippen molar-refractivity contribution in [3.8, 4) is 11.1 Å². The number of carbonyl (C=O) groups is 1. The topological polar surface area (TPSA) is 95.0 Å². The number of hydrogen-bond donors (Lipinski definition) is 3. The molecule has 0 radical (unpaired) electrons. The molecule has 29 heavy (non-hydrogen) atoms. The lowest BCUT2D eigenvalue weighted by Gasteiger charge is -2.08. The van der Waals surface area contributed by atoms with E-state index in [4.69, 9.17) is 0 Å². The number of aromatic nitrogens is 4. The van der Waals surface area contributed by atoms with E-state index >= 15 is 0 Å². The van der Waals surface area contributed by atoms with Gasteiger partial charge in [0.25, 0.3) is 11.5 Å². The molecule has 7 heteroatoms. The van der Waals surface area contributed by atoms with Crippen molar-refractivity contribution in [1.82, 2.24) is 24.7 Å². The Morgan fingerprint density at radius 3 is 2.79 bits per heavy atom. The fourth-order valence-corrected chi connectivity index (χ4v) is 3.51. The molecule has 0 aliphatic carbocycles. The highest BCUT2D eigenvalue weighted by atomic mass is 16.1. The van der Waals surface area contributed by atoms with Crippen molar-refractivity contribution >= 4 is 22.5 Å². The number of aromatic amines is 2. The van der Waals surface area contributed by atoms with Crippen molar-refractivity contribution in [2.45, 2.75) is 6.54 Å². The summed E-state index contributed by atoms with van der Waals surface area (Å²) in [6, 6.07) is 14.7. The molecule has 0 spiro atoms. The molecule has 5 aromatic rings. The molecule has 0 saturated carbocycles. The largest absolute Gasteiger partial charge is 0.346 e. The molecule has 7 nitrogen and oxygen atoms in total. The summed E-state index contributed by atoms with van der Waals surface area (Å²) in [5.41, 5.74) is 4.35. The van der Waals surface area contributed by atoms with Crippen LogP contribution in [0.2, 0.25) is 0 Å². The zero-order chi connectivity index (χ0) is 19.8. The lowest BCUT2D eigenvalue weighted by Crippen LogP contribution is -2.25. The molecule has 0 aliphatic rings. The minimum atomic E-state index is -0.188. The number of rotatable bonds is 4. The number of hydrogen-bond acceptors (Lipinski definition) is 3. The Balaban J connectivity index is 1.52. The standard InChI is InChI=1S/C22H17N5O2/c28-21(14-5-2-1-3-6-14)25-10-16-11-26-22(29)19-9-15(13-27(16)19)18-12-24-20-17(18)7-4-8-23-20/h1-9,11-13H,10H2,(H,23,24)(H,25,28)(H,26,29). The van der Waals surface area contributed by atoms with Crippen molar-refractivity contribution < 1.29 is 4.79 Å². The van der Waals surface area contributed by atoms with Crippen molar-refractivity contribution in [3.63, 3.8) is 0 Å². The molecule has 0 unspecified atom stereocenters. The average Bonchev–Trinajstić information content (AvgIpc) is 3.39. The third kappa shape index (κ3) is 2.98. The van der Waals surface area contributed by atoms with Gasteiger partial charge in [0.1, 0.15) is 11.2 Å². The lowest BCUT2D eigenvalue weighted by atomic mass is 10.1. The van der Waals surface area contributed by atoms with Gasteiger partial charge < -0.3 is 19.7 Å². The molecule has 4 heterocycles. The Bertz CT molecular complexity index is 1400. The highest BCUT2D eigenvalue weighted by Crippen LogP contribution is 2.28. The molecule has 0 aliphatic heterocycles. The van der Waals surface area contributed by atoms with Gasteiger partial charge in [0, 0.05) is 46.9 Å². The van der Waals surface area contributed by atoms with Crippen LogP contribution >= 0.6 is 0 Å². The van der Waals surface area contributed by atoms with Gasteiger partial charge in [0.05, 0.1) is 12.2 Å². The predicted molar refractivity (Wildman–Crippen MR) is 111 cm³/mol. The second-order valence-electron chi connectivity index (χ2n) is 6.74. The zero-order valence-electron chi connectivity index (χ0n) is 15.3. The number of benzene rings is 1. The zero-order valence-corrected chi connectivity index (χ0v) is 15.3. The van der Waals surface area contributed by atoms with E-state index in [1.807, 2.05) is 53.2 Å². The number of pyridine rings is 1. The number of carbonyl (C=O) groups excluding carboxylic acids is 1. The second-order valence-corrected chi connectivity index (χ2v) is 6.74. The van der Waals surface area contributed by atoms with E-state index in [2.05, 4.69) is 20.3 Å². The van der Waals surface area contributed by atoms with Crippen LogP contribution < -0.4 is 10.9 Å². The Labute approximate surface area is 165 Å². The summed E-state index contributed by atoms with van der Waals surface area (Å²) in [7, 11) is 0. The first-order valence-electron chi connectivity index (χ1n) is 9.19. The van der Waals surface area contributed by atoms with Crippen LogP contribution in [0, 0.1) is 0 Å². The summed E-state index contributed by atoms with van der Waals surface area (Å²) in [6.07, 6.45) is 7.15. The van der Waals surface area contributed by atoms with Crippen LogP contribution in [0.25, 0.3) is 27.7 Å². The maximum absolute atomic E-state index is 12.4. The Hall–Kier alpha value is -4.13. The third-order valence-electron chi connectivity index (χ3n) is 4.96. The molecule has 142 valence electrons. The minimum absolute atomic E-state index is 0.167. The smallest absolute Gasteiger partial charge is 0.272 e. The number of fused-ring (bicyclic) bond motifs is 2. The summed E-state index contributed by atoms with van der Waals surface area (Å²) in [5.74, 6) is -0.167. The molecule has 0 saturated heterocycles. The maximum Gasteiger partial charge on any atom is 0.272 e. The van der Waals surface area contributed by atoms with Gasteiger partial charge in [-0.15, -0.1) is 0 Å². The maximum atomic E-state index is 12.4. The van der Waals surface area contributed by atoms with Crippen LogP contribution in [0.5, 0.6) is 0 Å². The summed E-state index contributed by atoms with van der Waals surface area (Å²) in [5, 5.41) is 3.89. The number of nitrogens with one attached hydrogen (secondary N) is 3. The van der Waals surface area contributed by atoms with Crippen LogP contribution in [-0.4, -0.2) is 25.3 Å². The third-order valence-corrected chi connectivity index (χ3v) is 4.96. The van der Waals surface area contributed by atoms with E-state index in [1.165, 1.54) is 0 Å². The van der Waals surface area contributed by atoms with Crippen LogP contribution in [0.4, 0.5) is 0 Å². The van der Waals surface area contributed by atoms with E-state index in [0.717, 1.165) is 27.9 Å². The van der Waals surface area contributed by atoms with Crippen molar-refractivity contribution in [3.05, 3.63) is 94.9 Å². The Morgan fingerprint density at radius 2 is 1.93 bits per heavy atom.